The summed E-state index contributed by atoms with van der Waals surface area (Å²) in [6, 6.07) is 6.60. The predicted octanol–water partition coefficient (Wildman–Crippen LogP) is 3.12. The van der Waals surface area contributed by atoms with Crippen molar-refractivity contribution in [3.05, 3.63) is 41.4 Å². The Labute approximate surface area is 165 Å². The Bertz CT molecular complexity index is 1070. The van der Waals surface area contributed by atoms with Gasteiger partial charge in [-0.05, 0) is 25.1 Å². The van der Waals surface area contributed by atoms with Crippen molar-refractivity contribution in [2.75, 3.05) is 37.0 Å². The van der Waals surface area contributed by atoms with Crippen LogP contribution in [-0.2, 0) is 0 Å². The summed E-state index contributed by atoms with van der Waals surface area (Å²) < 4.78 is 19.9. The molecule has 5 rings (SSSR count). The summed E-state index contributed by atoms with van der Waals surface area (Å²) in [4.78, 5) is 15.5. The predicted molar refractivity (Wildman–Crippen MR) is 106 cm³/mol. The van der Waals surface area contributed by atoms with Crippen LogP contribution in [0.4, 0.5) is 21.7 Å². The van der Waals surface area contributed by atoms with Gasteiger partial charge in [-0.3, -0.25) is 0 Å². The van der Waals surface area contributed by atoms with E-state index < -0.39 is 5.82 Å². The van der Waals surface area contributed by atoms with Crippen molar-refractivity contribution in [2.45, 2.75) is 12.0 Å². The molecule has 2 aliphatic rings. The molecule has 1 spiro atoms. The number of aromatic nitrogens is 3. The van der Waals surface area contributed by atoms with Crippen LogP contribution in [0.15, 0.2) is 30.6 Å². The lowest BCUT2D eigenvalue weighted by molar-refractivity contribution is 0.158. The first-order valence-electron chi connectivity index (χ1n) is 8.99. The molecule has 9 heteroatoms. The molecule has 2 fully saturated rings. The van der Waals surface area contributed by atoms with Crippen molar-refractivity contribution in [1.82, 2.24) is 20.3 Å². The van der Waals surface area contributed by atoms with E-state index in [9.17, 15) is 4.39 Å². The molecule has 0 unspecified atom stereocenters. The zero-order valence-electron chi connectivity index (χ0n) is 15.2. The van der Waals surface area contributed by atoms with E-state index in [1.165, 1.54) is 18.8 Å². The maximum Gasteiger partial charge on any atom is 0.172 e. The number of halogens is 2. The van der Waals surface area contributed by atoms with Crippen LogP contribution in [0.3, 0.4) is 0 Å². The second-order valence-corrected chi connectivity index (χ2v) is 7.55. The molecule has 1 aromatic carbocycles. The van der Waals surface area contributed by atoms with E-state index >= 15 is 0 Å². The monoisotopic (exact) mass is 400 g/mol. The molecule has 0 bridgehead atoms. The topological polar surface area (TPSA) is 75.2 Å². The van der Waals surface area contributed by atoms with E-state index in [0.29, 0.717) is 22.6 Å². The van der Waals surface area contributed by atoms with Crippen molar-refractivity contribution in [3.8, 4) is 5.75 Å². The Morgan fingerprint density at radius 2 is 2.14 bits per heavy atom. The third kappa shape index (κ3) is 2.71. The number of pyridine rings is 1. The molecule has 3 aromatic rings. The first-order chi connectivity index (χ1) is 13.6. The van der Waals surface area contributed by atoms with Crippen LogP contribution in [-0.4, -0.2) is 47.2 Å². The minimum Gasteiger partial charge on any atom is -0.493 e. The molecule has 0 saturated carbocycles. The molecule has 4 heterocycles. The lowest BCUT2D eigenvalue weighted by Crippen LogP contribution is -2.76. The van der Waals surface area contributed by atoms with Gasteiger partial charge in [-0.1, -0.05) is 17.7 Å². The Hall–Kier alpha value is -2.71. The minimum atomic E-state index is -0.537. The lowest BCUT2D eigenvalue weighted by Gasteiger charge is -2.57. The van der Waals surface area contributed by atoms with Gasteiger partial charge in [-0.25, -0.2) is 19.3 Å². The highest BCUT2D eigenvalue weighted by Crippen LogP contribution is 2.39. The summed E-state index contributed by atoms with van der Waals surface area (Å²) in [5, 5.41) is 6.52. The van der Waals surface area contributed by atoms with Crippen LogP contribution in [0, 0.1) is 5.82 Å². The Balaban J connectivity index is 1.55. The number of rotatable bonds is 4. The maximum absolute atomic E-state index is 14.3. The summed E-state index contributed by atoms with van der Waals surface area (Å²) in [6.07, 6.45) is 2.58. The molecule has 2 N–H and O–H groups in total. The highest BCUT2D eigenvalue weighted by Gasteiger charge is 2.48. The van der Waals surface area contributed by atoms with E-state index in [4.69, 9.17) is 21.3 Å². The van der Waals surface area contributed by atoms with Crippen molar-refractivity contribution in [3.63, 3.8) is 0 Å². The minimum absolute atomic E-state index is 0.0394. The van der Waals surface area contributed by atoms with Gasteiger partial charge in [0, 0.05) is 19.2 Å². The fourth-order valence-corrected chi connectivity index (χ4v) is 3.91. The van der Waals surface area contributed by atoms with Gasteiger partial charge < -0.3 is 20.3 Å². The number of anilines is 3. The number of nitrogens with zero attached hydrogens (tertiary/aromatic N) is 4. The Kier molecular flexibility index (Phi) is 3.99. The van der Waals surface area contributed by atoms with Gasteiger partial charge in [0.05, 0.1) is 28.9 Å². The third-order valence-corrected chi connectivity index (χ3v) is 5.66. The maximum atomic E-state index is 14.3. The normalized spacial score (nSPS) is 17.3. The summed E-state index contributed by atoms with van der Waals surface area (Å²) in [5.74, 6) is 1.26. The highest BCUT2D eigenvalue weighted by molar-refractivity contribution is 6.31. The molecular formula is C19H18ClFN6O. The first-order valence-corrected chi connectivity index (χ1v) is 9.37. The van der Waals surface area contributed by atoms with Gasteiger partial charge in [0.15, 0.2) is 23.2 Å². The van der Waals surface area contributed by atoms with Crippen LogP contribution in [0.1, 0.15) is 6.42 Å². The summed E-state index contributed by atoms with van der Waals surface area (Å²) >= 11 is 5.88. The van der Waals surface area contributed by atoms with Crippen molar-refractivity contribution < 1.29 is 9.13 Å². The van der Waals surface area contributed by atoms with Gasteiger partial charge in [0.1, 0.15) is 11.8 Å². The van der Waals surface area contributed by atoms with E-state index in [-0.39, 0.29) is 16.2 Å². The highest BCUT2D eigenvalue weighted by atomic mass is 35.5. The quantitative estimate of drug-likeness (QED) is 0.696. The van der Waals surface area contributed by atoms with E-state index in [2.05, 4.69) is 25.5 Å². The second-order valence-electron chi connectivity index (χ2n) is 7.14. The average molecular weight is 401 g/mol. The van der Waals surface area contributed by atoms with Crippen molar-refractivity contribution >= 4 is 40.0 Å². The van der Waals surface area contributed by atoms with Crippen LogP contribution >= 0.6 is 11.6 Å². The Morgan fingerprint density at radius 1 is 1.32 bits per heavy atom. The Morgan fingerprint density at radius 3 is 2.86 bits per heavy atom. The van der Waals surface area contributed by atoms with Gasteiger partial charge in [0.2, 0.25) is 0 Å². The number of hydrogen-bond acceptors (Lipinski definition) is 7. The zero-order chi connectivity index (χ0) is 19.3. The number of methoxy groups -OCH3 is 1. The fourth-order valence-electron chi connectivity index (χ4n) is 3.74. The van der Waals surface area contributed by atoms with Gasteiger partial charge in [-0.2, -0.15) is 0 Å². The van der Waals surface area contributed by atoms with Crippen LogP contribution < -0.4 is 20.3 Å². The third-order valence-electron chi connectivity index (χ3n) is 5.37. The molecule has 2 aromatic heterocycles. The second kappa shape index (κ2) is 6.42. The molecule has 0 amide bonds. The number of benzene rings is 1. The van der Waals surface area contributed by atoms with E-state index in [0.717, 1.165) is 25.5 Å². The zero-order valence-corrected chi connectivity index (χ0v) is 15.9. The lowest BCUT2D eigenvalue weighted by atomic mass is 9.80. The number of ether oxygens (including phenoxy) is 1. The molecule has 0 atom stereocenters. The van der Waals surface area contributed by atoms with Crippen molar-refractivity contribution in [1.29, 1.82) is 0 Å². The molecule has 0 aliphatic carbocycles. The van der Waals surface area contributed by atoms with Gasteiger partial charge in [-0.15, -0.1) is 0 Å². The van der Waals surface area contributed by atoms with Crippen LogP contribution in [0.2, 0.25) is 5.02 Å². The van der Waals surface area contributed by atoms with E-state index in [1.54, 1.807) is 19.2 Å². The standard InChI is InChI=1S/C19H18ClFN6O/c1-28-14-7-13-16(26-18(14)27-8-19(9-27)5-6-24-19)17(23-10-22-13)25-12-4-2-3-11(20)15(12)21/h2-4,7,10,24H,5-6,8-9H2,1H3,(H,22,23,25). The fraction of sp³-hybridized carbons (Fsp3) is 0.316. The van der Waals surface area contributed by atoms with E-state index in [1.807, 2.05) is 6.07 Å². The molecule has 28 heavy (non-hydrogen) atoms. The number of fused-ring (bicyclic) bond motifs is 1. The smallest absolute Gasteiger partial charge is 0.172 e. The molecule has 0 radical (unpaired) electrons. The molecule has 7 nitrogen and oxygen atoms in total. The first kappa shape index (κ1) is 17.4. The van der Waals surface area contributed by atoms with Gasteiger partial charge in [0.25, 0.3) is 0 Å². The van der Waals surface area contributed by atoms with Gasteiger partial charge >= 0.3 is 0 Å². The molecule has 144 valence electrons. The van der Waals surface area contributed by atoms with Crippen LogP contribution in [0.5, 0.6) is 5.75 Å². The SMILES string of the molecule is COc1cc2ncnc(Nc3cccc(Cl)c3F)c2nc1N1CC2(CCN2)C1. The number of hydrogen-bond donors (Lipinski definition) is 2. The van der Waals surface area contributed by atoms with Crippen LogP contribution in [0.25, 0.3) is 11.0 Å². The molecule has 2 aliphatic heterocycles. The summed E-state index contributed by atoms with van der Waals surface area (Å²) in [6.45, 7) is 2.81. The summed E-state index contributed by atoms with van der Waals surface area (Å²) in [7, 11) is 1.62. The molecule has 2 saturated heterocycles. The largest absolute Gasteiger partial charge is 0.493 e. The molecular weight excluding hydrogens is 383 g/mol. The summed E-state index contributed by atoms with van der Waals surface area (Å²) in [5.41, 5.74) is 1.59. The average Bonchev–Trinajstić information content (AvgIpc) is 2.63. The van der Waals surface area contributed by atoms with Crippen molar-refractivity contribution in [2.24, 2.45) is 0 Å². The number of nitrogens with one attached hydrogen (secondary N) is 2.